The molecule has 1 unspecified atom stereocenters. The van der Waals surface area contributed by atoms with Gasteiger partial charge in [0.05, 0.1) is 0 Å². The Morgan fingerprint density at radius 2 is 1.67 bits per heavy atom. The Morgan fingerprint density at radius 1 is 0.792 bits per heavy atom. The molecule has 1 heteroatoms. The van der Waals surface area contributed by atoms with Gasteiger partial charge in [0.15, 0.2) is 0 Å². The lowest BCUT2D eigenvalue weighted by molar-refractivity contribution is 0.165. The fourth-order valence-electron chi connectivity index (χ4n) is 5.21. The molecule has 5 rings (SSSR count). The first-order valence-electron chi connectivity index (χ1n) is 9.70. The number of rotatable bonds is 1. The van der Waals surface area contributed by atoms with Crippen molar-refractivity contribution in [1.82, 2.24) is 4.90 Å². The first kappa shape index (κ1) is 14.7. The van der Waals surface area contributed by atoms with E-state index >= 15 is 0 Å². The summed E-state index contributed by atoms with van der Waals surface area (Å²) in [6.45, 7) is 2.51. The molecule has 0 saturated carbocycles. The van der Waals surface area contributed by atoms with Gasteiger partial charge in [0, 0.05) is 6.04 Å². The van der Waals surface area contributed by atoms with Gasteiger partial charge >= 0.3 is 0 Å². The van der Waals surface area contributed by atoms with Gasteiger partial charge in [0.25, 0.3) is 0 Å². The fraction of sp³-hybridized carbons (Fsp3) is 0.435. The van der Waals surface area contributed by atoms with Crippen LogP contribution in [0.4, 0.5) is 0 Å². The van der Waals surface area contributed by atoms with Crippen LogP contribution < -0.4 is 0 Å². The smallest absolute Gasteiger partial charge is 0.0351 e. The third-order valence-electron chi connectivity index (χ3n) is 6.36. The molecule has 1 radical (unpaired) electrons. The van der Waals surface area contributed by atoms with Crippen LogP contribution in [0.1, 0.15) is 54.0 Å². The van der Waals surface area contributed by atoms with Crippen molar-refractivity contribution in [3.63, 3.8) is 0 Å². The first-order chi connectivity index (χ1) is 11.9. The second-order valence-electron chi connectivity index (χ2n) is 7.63. The second kappa shape index (κ2) is 6.04. The summed E-state index contributed by atoms with van der Waals surface area (Å²) in [5.74, 6) is 0. The molecule has 3 aliphatic rings. The monoisotopic (exact) mass is 316 g/mol. The normalized spacial score (nSPS) is 23.2. The van der Waals surface area contributed by atoms with Gasteiger partial charge in [-0.1, -0.05) is 36.4 Å². The first-order valence-corrected chi connectivity index (χ1v) is 9.70. The molecule has 0 spiro atoms. The van der Waals surface area contributed by atoms with E-state index in [1.807, 2.05) is 0 Å². The Labute approximate surface area is 145 Å². The van der Waals surface area contributed by atoms with Gasteiger partial charge in [0.1, 0.15) is 0 Å². The van der Waals surface area contributed by atoms with Crippen molar-refractivity contribution in [2.24, 2.45) is 0 Å². The van der Waals surface area contributed by atoms with Crippen LogP contribution >= 0.6 is 0 Å². The van der Waals surface area contributed by atoms with Crippen molar-refractivity contribution in [3.05, 3.63) is 65.1 Å². The number of hydrogen-bond acceptors (Lipinski definition) is 1. The fourth-order valence-corrected chi connectivity index (χ4v) is 5.21. The van der Waals surface area contributed by atoms with Crippen molar-refractivity contribution < 1.29 is 0 Å². The third-order valence-corrected chi connectivity index (χ3v) is 6.36. The standard InChI is InChI=1S/C23H26N/c1-4-15-24(16-5-1)23-10-6-9-19-21-12-11-17-7-2-3-8-18(17)20(21)13-14-22(19)23/h1-3,7-8,13-14,23H,4-6,9-12,15-16H2. The molecular formula is C23H26N. The lowest BCUT2D eigenvalue weighted by Crippen LogP contribution is -2.36. The Kier molecular flexibility index (Phi) is 3.70. The molecule has 0 amide bonds. The predicted octanol–water partition coefficient (Wildman–Crippen LogP) is 5.13. The minimum Gasteiger partial charge on any atom is -0.296 e. The average Bonchev–Trinajstić information content (AvgIpc) is 2.67. The maximum atomic E-state index is 2.75. The zero-order valence-corrected chi connectivity index (χ0v) is 14.4. The van der Waals surface area contributed by atoms with Gasteiger partial charge in [-0.3, -0.25) is 4.90 Å². The molecule has 1 saturated heterocycles. The van der Waals surface area contributed by atoms with Crippen molar-refractivity contribution in [2.75, 3.05) is 13.1 Å². The van der Waals surface area contributed by atoms with Crippen LogP contribution in [-0.2, 0) is 19.3 Å². The van der Waals surface area contributed by atoms with Crippen LogP contribution in [-0.4, -0.2) is 18.0 Å². The molecule has 24 heavy (non-hydrogen) atoms. The maximum Gasteiger partial charge on any atom is 0.0351 e. The molecular weight excluding hydrogens is 290 g/mol. The summed E-state index contributed by atoms with van der Waals surface area (Å²) >= 11 is 0. The Balaban J connectivity index is 1.59. The SMILES string of the molecule is [CH]1CCN(C2CCCc3c2ccc2c3CCc3ccccc3-2)CC1. The number of benzene rings is 2. The van der Waals surface area contributed by atoms with Crippen molar-refractivity contribution >= 4 is 0 Å². The molecule has 2 aliphatic carbocycles. The van der Waals surface area contributed by atoms with E-state index < -0.39 is 0 Å². The Hall–Kier alpha value is -1.60. The lowest BCUT2D eigenvalue weighted by atomic mass is 9.76. The molecule has 0 aromatic heterocycles. The summed E-state index contributed by atoms with van der Waals surface area (Å²) in [6, 6.07) is 14.6. The van der Waals surface area contributed by atoms with Gasteiger partial charge in [-0.15, -0.1) is 0 Å². The Bertz CT molecular complexity index is 755. The van der Waals surface area contributed by atoms with Crippen LogP contribution in [0, 0.1) is 6.42 Å². The van der Waals surface area contributed by atoms with Crippen LogP contribution in [0.3, 0.4) is 0 Å². The van der Waals surface area contributed by atoms with E-state index in [0.29, 0.717) is 6.04 Å². The average molecular weight is 316 g/mol. The number of nitrogens with zero attached hydrogens (tertiary/aromatic N) is 1. The molecule has 0 N–H and O–H groups in total. The van der Waals surface area contributed by atoms with Gasteiger partial charge < -0.3 is 0 Å². The minimum absolute atomic E-state index is 0.671. The van der Waals surface area contributed by atoms with E-state index in [2.05, 4.69) is 47.7 Å². The lowest BCUT2D eigenvalue weighted by Gasteiger charge is -2.39. The van der Waals surface area contributed by atoms with Crippen molar-refractivity contribution in [3.8, 4) is 11.1 Å². The summed E-state index contributed by atoms with van der Waals surface area (Å²) < 4.78 is 0. The number of likely N-dealkylation sites (tertiary alicyclic amines) is 1. The highest BCUT2D eigenvalue weighted by atomic mass is 15.2. The van der Waals surface area contributed by atoms with E-state index in [-0.39, 0.29) is 0 Å². The van der Waals surface area contributed by atoms with Crippen LogP contribution in [0.25, 0.3) is 11.1 Å². The zero-order valence-electron chi connectivity index (χ0n) is 14.4. The molecule has 1 fully saturated rings. The molecule has 0 bridgehead atoms. The van der Waals surface area contributed by atoms with Crippen LogP contribution in [0.2, 0.25) is 0 Å². The third kappa shape index (κ3) is 2.33. The highest BCUT2D eigenvalue weighted by Gasteiger charge is 2.30. The van der Waals surface area contributed by atoms with E-state index in [1.54, 1.807) is 16.7 Å². The van der Waals surface area contributed by atoms with E-state index in [1.165, 1.54) is 74.7 Å². The number of aryl methyl sites for hydroxylation is 1. The molecule has 1 aliphatic heterocycles. The second-order valence-corrected chi connectivity index (χ2v) is 7.63. The molecule has 1 nitrogen and oxygen atoms in total. The van der Waals surface area contributed by atoms with Crippen molar-refractivity contribution in [2.45, 2.75) is 51.0 Å². The highest BCUT2D eigenvalue weighted by molar-refractivity contribution is 5.75. The molecule has 1 heterocycles. The molecule has 2 aromatic carbocycles. The van der Waals surface area contributed by atoms with Gasteiger partial charge in [-0.2, -0.15) is 0 Å². The van der Waals surface area contributed by atoms with Crippen LogP contribution in [0.5, 0.6) is 0 Å². The van der Waals surface area contributed by atoms with Gasteiger partial charge in [0.2, 0.25) is 0 Å². The van der Waals surface area contributed by atoms with E-state index in [4.69, 9.17) is 0 Å². The maximum absolute atomic E-state index is 2.75. The molecule has 123 valence electrons. The summed E-state index contributed by atoms with van der Waals surface area (Å²) in [4.78, 5) is 2.75. The highest BCUT2D eigenvalue weighted by Crippen LogP contribution is 2.43. The summed E-state index contributed by atoms with van der Waals surface area (Å²) in [5, 5.41) is 0. The summed E-state index contributed by atoms with van der Waals surface area (Å²) in [7, 11) is 0. The number of piperidine rings is 1. The van der Waals surface area contributed by atoms with Gasteiger partial charge in [-0.05, 0) is 97.8 Å². The minimum atomic E-state index is 0.671. The quantitative estimate of drug-likeness (QED) is 0.705. The van der Waals surface area contributed by atoms with E-state index in [0.717, 1.165) is 0 Å². The molecule has 2 aromatic rings. The van der Waals surface area contributed by atoms with E-state index in [9.17, 15) is 0 Å². The predicted molar refractivity (Wildman–Crippen MR) is 100 cm³/mol. The van der Waals surface area contributed by atoms with Crippen LogP contribution in [0.15, 0.2) is 36.4 Å². The zero-order chi connectivity index (χ0) is 15.9. The van der Waals surface area contributed by atoms with Gasteiger partial charge in [-0.25, -0.2) is 0 Å². The van der Waals surface area contributed by atoms with Crippen molar-refractivity contribution in [1.29, 1.82) is 0 Å². The number of fused-ring (bicyclic) bond motifs is 5. The molecule has 1 atom stereocenters. The topological polar surface area (TPSA) is 3.24 Å². The number of hydrogen-bond donors (Lipinski definition) is 0. The summed E-state index contributed by atoms with van der Waals surface area (Å²) in [6.07, 6.45) is 11.4. The largest absolute Gasteiger partial charge is 0.296 e. The summed E-state index contributed by atoms with van der Waals surface area (Å²) in [5.41, 5.74) is 9.55. The Morgan fingerprint density at radius 3 is 2.58 bits per heavy atom.